The van der Waals surface area contributed by atoms with Crippen molar-refractivity contribution in [1.82, 2.24) is 15.4 Å². The Bertz CT molecular complexity index is 1420. The third kappa shape index (κ3) is 6.16. The minimum Gasteiger partial charge on any atom is -0.455 e. The number of benzene rings is 2. The molecule has 0 aliphatic carbocycles. The molecule has 0 radical (unpaired) electrons. The van der Waals surface area contributed by atoms with Gasteiger partial charge in [-0.1, -0.05) is 17.7 Å². The first kappa shape index (κ1) is 23.4. The van der Waals surface area contributed by atoms with Gasteiger partial charge in [-0.3, -0.25) is 5.43 Å². The summed E-state index contributed by atoms with van der Waals surface area (Å²) in [4.78, 5) is 7.80. The Balaban J connectivity index is 1.36. The first-order valence-corrected chi connectivity index (χ1v) is 12.0. The molecule has 3 N–H and O–H groups in total. The van der Waals surface area contributed by atoms with Crippen molar-refractivity contribution in [3.63, 3.8) is 0 Å². The minimum atomic E-state index is -3.81. The van der Waals surface area contributed by atoms with Crippen molar-refractivity contribution in [1.29, 1.82) is 0 Å². The van der Waals surface area contributed by atoms with E-state index in [4.69, 9.17) is 28.2 Å². The zero-order valence-electron chi connectivity index (χ0n) is 17.3. The van der Waals surface area contributed by atoms with Crippen LogP contribution < -0.4 is 15.5 Å². The summed E-state index contributed by atoms with van der Waals surface area (Å²) < 4.78 is 33.1. The summed E-state index contributed by atoms with van der Waals surface area (Å²) in [5.41, 5.74) is 4.12. The van der Waals surface area contributed by atoms with Crippen molar-refractivity contribution in [2.45, 2.75) is 4.90 Å². The predicted octanol–water partition coefficient (Wildman–Crippen LogP) is 4.51. The van der Waals surface area contributed by atoms with Gasteiger partial charge in [0.1, 0.15) is 11.5 Å². The van der Waals surface area contributed by atoms with E-state index in [-0.39, 0.29) is 16.0 Å². The molecule has 34 heavy (non-hydrogen) atoms. The highest BCUT2D eigenvalue weighted by molar-refractivity contribution is 7.92. The molecule has 2 aromatic carbocycles. The number of hydrogen-bond acceptors (Lipinski definition) is 7. The number of hydrazone groups is 1. The molecule has 0 saturated heterocycles. The Hall–Kier alpha value is -3.80. The lowest BCUT2D eigenvalue weighted by Crippen LogP contribution is -2.23. The maximum absolute atomic E-state index is 12.5. The zero-order chi connectivity index (χ0) is 24.0. The van der Waals surface area contributed by atoms with Gasteiger partial charge >= 0.3 is 0 Å². The van der Waals surface area contributed by atoms with E-state index in [9.17, 15) is 8.42 Å². The Labute approximate surface area is 206 Å². The van der Waals surface area contributed by atoms with E-state index >= 15 is 0 Å². The number of rotatable bonds is 7. The van der Waals surface area contributed by atoms with Crippen molar-refractivity contribution in [3.8, 4) is 11.3 Å². The van der Waals surface area contributed by atoms with Crippen LogP contribution in [0.3, 0.4) is 0 Å². The van der Waals surface area contributed by atoms with Crippen LogP contribution in [-0.2, 0) is 10.0 Å². The van der Waals surface area contributed by atoms with Gasteiger partial charge in [0.15, 0.2) is 5.11 Å². The van der Waals surface area contributed by atoms with Crippen LogP contribution in [0.4, 0.5) is 11.6 Å². The van der Waals surface area contributed by atoms with E-state index < -0.39 is 10.0 Å². The zero-order valence-corrected chi connectivity index (χ0v) is 19.7. The largest absolute Gasteiger partial charge is 0.455 e. The smallest absolute Gasteiger partial charge is 0.264 e. The van der Waals surface area contributed by atoms with Gasteiger partial charge in [-0.2, -0.15) is 5.10 Å². The van der Waals surface area contributed by atoms with E-state index in [0.717, 1.165) is 5.69 Å². The fraction of sp³-hybridized carbons (Fsp3) is 0. The van der Waals surface area contributed by atoms with Crippen molar-refractivity contribution in [2.24, 2.45) is 5.10 Å². The van der Waals surface area contributed by atoms with E-state index in [2.05, 4.69) is 30.5 Å². The quantitative estimate of drug-likeness (QED) is 0.188. The molecule has 172 valence electrons. The van der Waals surface area contributed by atoms with Crippen molar-refractivity contribution in [2.75, 3.05) is 10.0 Å². The van der Waals surface area contributed by atoms with Crippen molar-refractivity contribution >= 4 is 56.8 Å². The lowest BCUT2D eigenvalue weighted by atomic mass is 10.2. The number of aromatic nitrogens is 2. The molecule has 2 aromatic heterocycles. The molecular formula is C22H17ClN6O3S2. The Morgan fingerprint density at radius 2 is 1.79 bits per heavy atom. The van der Waals surface area contributed by atoms with Crippen molar-refractivity contribution in [3.05, 3.63) is 89.9 Å². The standard InChI is InChI=1S/C22H17ClN6O3S2/c23-16-3-1-4-17(13-16)27-22(33)28-26-14-18-7-10-20(32-18)15-5-8-19(9-6-15)34(30,31)29-21-24-11-2-12-25-21/h1-14H,(H,24,25,29)(H2,27,28,33). The molecule has 0 atom stereocenters. The average Bonchev–Trinajstić information content (AvgIpc) is 3.28. The first-order chi connectivity index (χ1) is 16.4. The summed E-state index contributed by atoms with van der Waals surface area (Å²) in [7, 11) is -3.81. The van der Waals surface area contributed by atoms with Gasteiger partial charge in [-0.15, -0.1) is 0 Å². The summed E-state index contributed by atoms with van der Waals surface area (Å²) in [5, 5.41) is 7.89. The maximum atomic E-state index is 12.5. The van der Waals surface area contributed by atoms with Crippen LogP contribution in [0.2, 0.25) is 5.02 Å². The molecule has 0 unspecified atom stereocenters. The van der Waals surface area contributed by atoms with Gasteiger partial charge in [-0.05, 0) is 72.9 Å². The first-order valence-electron chi connectivity index (χ1n) is 9.75. The molecule has 2 heterocycles. The van der Waals surface area contributed by atoms with Crippen LogP contribution in [0.25, 0.3) is 11.3 Å². The minimum absolute atomic E-state index is 0.00241. The van der Waals surface area contributed by atoms with Gasteiger partial charge in [0.05, 0.1) is 11.1 Å². The third-order valence-corrected chi connectivity index (χ3v) is 6.08. The Morgan fingerprint density at radius 3 is 2.53 bits per heavy atom. The number of halogens is 1. The molecule has 0 bridgehead atoms. The highest BCUT2D eigenvalue weighted by atomic mass is 35.5. The highest BCUT2D eigenvalue weighted by Crippen LogP contribution is 2.24. The van der Waals surface area contributed by atoms with Crippen LogP contribution >= 0.6 is 23.8 Å². The SMILES string of the molecule is O=S(=O)(Nc1ncccn1)c1ccc(-c2ccc(C=NNC(=S)Nc3cccc(Cl)c3)o2)cc1. The van der Waals surface area contributed by atoms with Crippen LogP contribution in [0, 0.1) is 0 Å². The second kappa shape index (κ2) is 10.4. The topological polar surface area (TPSA) is 122 Å². The molecule has 0 amide bonds. The molecular weight excluding hydrogens is 496 g/mol. The summed E-state index contributed by atoms with van der Waals surface area (Å²) in [5.74, 6) is 1.02. The van der Waals surface area contributed by atoms with Gasteiger partial charge in [0.2, 0.25) is 5.95 Å². The van der Waals surface area contributed by atoms with E-state index in [1.807, 2.05) is 6.07 Å². The molecule has 9 nitrogen and oxygen atoms in total. The Kier molecular flexibility index (Phi) is 7.16. The number of thiocarbonyl (C=S) groups is 1. The molecule has 4 aromatic rings. The molecule has 0 aliphatic rings. The number of anilines is 2. The molecule has 0 fully saturated rings. The average molecular weight is 513 g/mol. The lowest BCUT2D eigenvalue weighted by molar-refractivity contribution is 0.574. The summed E-state index contributed by atoms with van der Waals surface area (Å²) in [6, 6.07) is 18.4. The predicted molar refractivity (Wildman–Crippen MR) is 135 cm³/mol. The normalized spacial score (nSPS) is 11.3. The van der Waals surface area contributed by atoms with Crippen LogP contribution in [0.1, 0.15) is 5.76 Å². The van der Waals surface area contributed by atoms with Gasteiger partial charge in [0, 0.05) is 28.7 Å². The summed E-state index contributed by atoms with van der Waals surface area (Å²) in [6.45, 7) is 0. The van der Waals surface area contributed by atoms with Gasteiger partial charge in [0.25, 0.3) is 10.0 Å². The number of nitrogens with zero attached hydrogens (tertiary/aromatic N) is 3. The molecule has 0 aliphatic heterocycles. The molecule has 12 heteroatoms. The monoisotopic (exact) mass is 512 g/mol. The molecule has 0 saturated carbocycles. The maximum Gasteiger partial charge on any atom is 0.264 e. The van der Waals surface area contributed by atoms with Gasteiger partial charge in [-0.25, -0.2) is 23.1 Å². The second-order valence-electron chi connectivity index (χ2n) is 6.74. The summed E-state index contributed by atoms with van der Waals surface area (Å²) in [6.07, 6.45) is 4.37. The van der Waals surface area contributed by atoms with Gasteiger partial charge < -0.3 is 9.73 Å². The van der Waals surface area contributed by atoms with E-state index in [1.165, 1.54) is 30.7 Å². The highest BCUT2D eigenvalue weighted by Gasteiger charge is 2.16. The number of nitrogens with one attached hydrogen (secondary N) is 3. The van der Waals surface area contributed by atoms with Crippen LogP contribution in [0.5, 0.6) is 0 Å². The fourth-order valence-corrected chi connectivity index (χ4v) is 4.11. The number of sulfonamides is 1. The van der Waals surface area contributed by atoms with Crippen molar-refractivity contribution < 1.29 is 12.8 Å². The fourth-order valence-electron chi connectivity index (χ4n) is 2.79. The lowest BCUT2D eigenvalue weighted by Gasteiger charge is -2.07. The van der Waals surface area contributed by atoms with E-state index in [0.29, 0.717) is 22.1 Å². The Morgan fingerprint density at radius 1 is 1.03 bits per heavy atom. The molecule has 4 rings (SSSR count). The third-order valence-electron chi connectivity index (χ3n) is 4.31. The van der Waals surface area contributed by atoms with Crippen LogP contribution in [-0.4, -0.2) is 29.7 Å². The van der Waals surface area contributed by atoms with Crippen LogP contribution in [0.15, 0.2) is 93.5 Å². The summed E-state index contributed by atoms with van der Waals surface area (Å²) >= 11 is 11.1. The van der Waals surface area contributed by atoms with E-state index in [1.54, 1.807) is 48.5 Å². The molecule has 0 spiro atoms. The number of furan rings is 1. The number of hydrogen-bond donors (Lipinski definition) is 3. The second-order valence-corrected chi connectivity index (χ2v) is 9.27.